The minimum atomic E-state index is -4.60. The number of benzene rings is 2. The molecular formula is C20H21N9O4S2. The summed E-state index contributed by atoms with van der Waals surface area (Å²) < 4.78 is 55.0. The van der Waals surface area contributed by atoms with Gasteiger partial charge in [-0.1, -0.05) is 24.3 Å². The number of para-hydroxylation sites is 1. The van der Waals surface area contributed by atoms with E-state index in [4.69, 9.17) is 10.9 Å². The van der Waals surface area contributed by atoms with E-state index in [1.807, 2.05) is 6.07 Å². The molecule has 13 nitrogen and oxygen atoms in total. The number of primary sulfonamides is 1. The molecule has 2 aromatic carbocycles. The number of pyridine rings is 1. The molecule has 0 radical (unpaired) electrons. The SMILES string of the molecule is Nc1ccc2cccc(-c3ccc(S(=O)(=O)N[C@@H]4CCNC4)c(S(N)(=O)=O)c3-c3nn[nH]n3)c2n1. The molecule has 0 spiro atoms. The van der Waals surface area contributed by atoms with Crippen LogP contribution in [0.3, 0.4) is 0 Å². The van der Waals surface area contributed by atoms with Crippen molar-refractivity contribution < 1.29 is 16.8 Å². The molecule has 182 valence electrons. The normalized spacial score (nSPS) is 16.7. The molecule has 2 aromatic heterocycles. The molecule has 1 aliphatic heterocycles. The molecule has 0 unspecified atom stereocenters. The van der Waals surface area contributed by atoms with Gasteiger partial charge in [-0.05, 0) is 41.9 Å². The van der Waals surface area contributed by atoms with Crippen molar-refractivity contribution in [2.75, 3.05) is 18.8 Å². The molecule has 3 heterocycles. The Morgan fingerprint density at radius 3 is 2.54 bits per heavy atom. The lowest BCUT2D eigenvalue weighted by Gasteiger charge is -2.18. The fourth-order valence-corrected chi connectivity index (χ4v) is 7.06. The summed E-state index contributed by atoms with van der Waals surface area (Å²) in [6.07, 6.45) is 0.558. The Morgan fingerprint density at radius 2 is 1.86 bits per heavy atom. The zero-order valence-corrected chi connectivity index (χ0v) is 19.8. The summed E-state index contributed by atoms with van der Waals surface area (Å²) in [5.74, 6) is 0.107. The topological polar surface area (TPSA) is 212 Å². The highest BCUT2D eigenvalue weighted by Gasteiger charge is 2.34. The van der Waals surface area contributed by atoms with Crippen molar-refractivity contribution in [2.45, 2.75) is 22.3 Å². The van der Waals surface area contributed by atoms with Gasteiger partial charge in [0, 0.05) is 23.5 Å². The number of anilines is 1. The zero-order chi connectivity index (χ0) is 24.8. The number of fused-ring (bicyclic) bond motifs is 1. The molecule has 0 saturated carbocycles. The number of aromatic nitrogens is 5. The van der Waals surface area contributed by atoms with Gasteiger partial charge in [0.05, 0.1) is 11.1 Å². The van der Waals surface area contributed by atoms with Gasteiger partial charge < -0.3 is 11.1 Å². The second kappa shape index (κ2) is 8.62. The summed E-state index contributed by atoms with van der Waals surface area (Å²) in [6.45, 7) is 1.06. The molecule has 7 N–H and O–H groups in total. The number of nitrogens with one attached hydrogen (secondary N) is 3. The first-order valence-corrected chi connectivity index (χ1v) is 13.5. The highest BCUT2D eigenvalue weighted by Crippen LogP contribution is 2.40. The smallest absolute Gasteiger partial charge is 0.242 e. The Kier molecular flexibility index (Phi) is 5.72. The van der Waals surface area contributed by atoms with Crippen LogP contribution < -0.4 is 20.9 Å². The second-order valence-electron chi connectivity index (χ2n) is 8.02. The molecule has 0 aliphatic carbocycles. The van der Waals surface area contributed by atoms with Gasteiger partial charge in [-0.2, -0.15) is 5.21 Å². The number of hydrogen-bond donors (Lipinski definition) is 5. The molecule has 15 heteroatoms. The summed E-state index contributed by atoms with van der Waals surface area (Å²) in [6, 6.07) is 11.0. The van der Waals surface area contributed by atoms with Gasteiger partial charge in [0.1, 0.15) is 15.6 Å². The molecule has 1 saturated heterocycles. The first-order valence-electron chi connectivity index (χ1n) is 10.5. The summed E-state index contributed by atoms with van der Waals surface area (Å²) >= 11 is 0. The number of H-pyrrole nitrogens is 1. The number of nitrogens with zero attached hydrogens (tertiary/aromatic N) is 4. The molecule has 1 aliphatic rings. The maximum absolute atomic E-state index is 13.3. The Labute approximate surface area is 200 Å². The van der Waals surface area contributed by atoms with E-state index in [2.05, 4.69) is 35.6 Å². The Balaban J connectivity index is 1.84. The van der Waals surface area contributed by atoms with Crippen LogP contribution in [0.1, 0.15) is 6.42 Å². The second-order valence-corrected chi connectivity index (χ2v) is 11.2. The molecular weight excluding hydrogens is 494 g/mol. The average molecular weight is 516 g/mol. The van der Waals surface area contributed by atoms with E-state index in [9.17, 15) is 16.8 Å². The molecule has 4 aromatic rings. The molecule has 0 amide bonds. The zero-order valence-electron chi connectivity index (χ0n) is 18.1. The fraction of sp³-hybridized carbons (Fsp3) is 0.200. The summed E-state index contributed by atoms with van der Waals surface area (Å²) in [7, 11) is -8.89. The van der Waals surface area contributed by atoms with Crippen LogP contribution in [0.15, 0.2) is 52.3 Å². The van der Waals surface area contributed by atoms with Crippen LogP contribution in [0, 0.1) is 0 Å². The highest BCUT2D eigenvalue weighted by molar-refractivity contribution is 7.92. The average Bonchev–Trinajstić information content (AvgIpc) is 3.51. The lowest BCUT2D eigenvalue weighted by atomic mass is 9.96. The van der Waals surface area contributed by atoms with Gasteiger partial charge in [0.25, 0.3) is 0 Å². The van der Waals surface area contributed by atoms with Crippen molar-refractivity contribution >= 4 is 36.8 Å². The van der Waals surface area contributed by atoms with Gasteiger partial charge in [0.15, 0.2) is 0 Å². The third kappa shape index (κ3) is 4.35. The number of rotatable bonds is 6. The number of nitrogen functional groups attached to an aromatic ring is 1. The van der Waals surface area contributed by atoms with Gasteiger partial charge in [0.2, 0.25) is 25.9 Å². The number of tetrazole rings is 1. The van der Waals surface area contributed by atoms with Crippen molar-refractivity contribution in [3.8, 4) is 22.5 Å². The van der Waals surface area contributed by atoms with Crippen LogP contribution in [0.5, 0.6) is 0 Å². The number of hydrogen-bond acceptors (Lipinski definition) is 10. The molecule has 1 fully saturated rings. The van der Waals surface area contributed by atoms with Gasteiger partial charge >= 0.3 is 0 Å². The van der Waals surface area contributed by atoms with Crippen molar-refractivity contribution in [1.82, 2.24) is 35.6 Å². The van der Waals surface area contributed by atoms with E-state index >= 15 is 0 Å². The summed E-state index contributed by atoms with van der Waals surface area (Å²) in [4.78, 5) is 3.25. The van der Waals surface area contributed by atoms with Crippen molar-refractivity contribution in [1.29, 1.82) is 0 Å². The van der Waals surface area contributed by atoms with E-state index in [0.717, 1.165) is 5.39 Å². The van der Waals surface area contributed by atoms with Crippen LogP contribution in [0.4, 0.5) is 5.82 Å². The minimum Gasteiger partial charge on any atom is -0.384 e. The van der Waals surface area contributed by atoms with Crippen LogP contribution >= 0.6 is 0 Å². The summed E-state index contributed by atoms with van der Waals surface area (Å²) in [5.41, 5.74) is 7.03. The van der Waals surface area contributed by atoms with Crippen LogP contribution in [0.2, 0.25) is 0 Å². The molecule has 0 bridgehead atoms. The third-order valence-corrected chi connectivity index (χ3v) is 8.36. The first-order chi connectivity index (χ1) is 16.6. The van der Waals surface area contributed by atoms with Crippen LogP contribution in [-0.2, 0) is 20.0 Å². The quantitative estimate of drug-likeness (QED) is 0.231. The predicted octanol–water partition coefficient (Wildman–Crippen LogP) is -0.0483. The fourth-order valence-electron chi connectivity index (χ4n) is 4.19. The Hall–Kier alpha value is -3.50. The Morgan fingerprint density at radius 1 is 1.03 bits per heavy atom. The monoisotopic (exact) mass is 515 g/mol. The van der Waals surface area contributed by atoms with Crippen molar-refractivity contribution in [3.05, 3.63) is 42.5 Å². The molecule has 1 atom stereocenters. The summed E-state index contributed by atoms with van der Waals surface area (Å²) in [5, 5.41) is 23.1. The molecule has 35 heavy (non-hydrogen) atoms. The highest BCUT2D eigenvalue weighted by atomic mass is 32.2. The molecule has 5 rings (SSSR count). The van der Waals surface area contributed by atoms with Crippen LogP contribution in [0.25, 0.3) is 33.4 Å². The standard InChI is InChI=1S/C20H21N9O4S2/c21-16-7-4-11-2-1-3-14(18(11)24-16)13-5-6-15(35(32,33)27-12-8-9-23-10-12)19(34(22,30)31)17(13)20-25-28-29-26-20/h1-7,12,23,27H,8-10H2,(H2,21,24)(H2,22,30,31)(H,25,26,28,29)/t12-/m1/s1. The lowest BCUT2D eigenvalue weighted by molar-refractivity contribution is 0.555. The number of sulfonamides is 2. The van der Waals surface area contributed by atoms with Crippen LogP contribution in [-0.4, -0.2) is 61.6 Å². The van der Waals surface area contributed by atoms with Gasteiger partial charge in [-0.3, -0.25) is 0 Å². The minimum absolute atomic E-state index is 0.120. The third-order valence-electron chi connectivity index (χ3n) is 5.68. The van der Waals surface area contributed by atoms with E-state index in [-0.39, 0.29) is 17.2 Å². The van der Waals surface area contributed by atoms with E-state index in [1.165, 1.54) is 12.1 Å². The largest absolute Gasteiger partial charge is 0.384 e. The van der Waals surface area contributed by atoms with E-state index < -0.39 is 35.9 Å². The van der Waals surface area contributed by atoms with Gasteiger partial charge in [-0.15, -0.1) is 10.2 Å². The van der Waals surface area contributed by atoms with E-state index in [0.29, 0.717) is 36.2 Å². The van der Waals surface area contributed by atoms with E-state index in [1.54, 1.807) is 24.3 Å². The number of aromatic amines is 1. The Bertz CT molecular complexity index is 1630. The maximum Gasteiger partial charge on any atom is 0.242 e. The first kappa shape index (κ1) is 23.3. The predicted molar refractivity (Wildman–Crippen MR) is 128 cm³/mol. The number of nitrogens with two attached hydrogens (primary N) is 2. The van der Waals surface area contributed by atoms with Crippen molar-refractivity contribution in [3.63, 3.8) is 0 Å². The lowest BCUT2D eigenvalue weighted by Crippen LogP contribution is -2.37. The maximum atomic E-state index is 13.3. The van der Waals surface area contributed by atoms with Gasteiger partial charge in [-0.25, -0.2) is 31.7 Å². The van der Waals surface area contributed by atoms with Crippen molar-refractivity contribution in [2.24, 2.45) is 5.14 Å².